The molecule has 2 heterocycles. The van der Waals surface area contributed by atoms with Crippen molar-refractivity contribution in [2.45, 2.75) is 48.5 Å². The zero-order valence-electron chi connectivity index (χ0n) is 22.6. The van der Waals surface area contributed by atoms with Crippen LogP contribution in [0.2, 0.25) is 0 Å². The fraction of sp³-hybridized carbons (Fsp3) is 0.290. The lowest BCUT2D eigenvalue weighted by Gasteiger charge is -2.18. The molecule has 0 unspecified atom stereocenters. The molecule has 1 aliphatic rings. The Kier molecular flexibility index (Phi) is 7.39. The van der Waals surface area contributed by atoms with Gasteiger partial charge in [-0.1, -0.05) is 17.7 Å². The molecule has 4 rings (SSSR count). The number of nitrogens with zero attached hydrogens (tertiary/aromatic N) is 2. The monoisotopic (exact) mass is 498 g/mol. The van der Waals surface area contributed by atoms with Gasteiger partial charge in [0.2, 0.25) is 0 Å². The van der Waals surface area contributed by atoms with E-state index in [9.17, 15) is 9.59 Å². The summed E-state index contributed by atoms with van der Waals surface area (Å²) in [4.78, 5) is 28.4. The summed E-state index contributed by atoms with van der Waals surface area (Å²) < 4.78 is 13.1. The first-order chi connectivity index (χ1) is 17.7. The molecular formula is C31H34N2O4. The average molecular weight is 499 g/mol. The molecule has 6 heteroatoms. The van der Waals surface area contributed by atoms with Gasteiger partial charge in [-0.05, 0) is 102 Å². The van der Waals surface area contributed by atoms with Gasteiger partial charge in [0.15, 0.2) is 0 Å². The molecular weight excluding hydrogens is 464 g/mol. The zero-order chi connectivity index (χ0) is 26.9. The van der Waals surface area contributed by atoms with E-state index in [0.717, 1.165) is 28.4 Å². The van der Waals surface area contributed by atoms with Crippen molar-refractivity contribution in [1.82, 2.24) is 4.57 Å². The van der Waals surface area contributed by atoms with E-state index < -0.39 is 5.97 Å². The van der Waals surface area contributed by atoms with Crippen LogP contribution >= 0.6 is 0 Å². The van der Waals surface area contributed by atoms with Gasteiger partial charge in [0, 0.05) is 28.5 Å². The number of hydrogen-bond acceptors (Lipinski definition) is 4. The predicted octanol–water partition coefficient (Wildman–Crippen LogP) is 6.38. The molecule has 192 valence electrons. The molecule has 0 radical (unpaired) electrons. The van der Waals surface area contributed by atoms with Crippen molar-refractivity contribution in [3.05, 3.63) is 93.5 Å². The summed E-state index contributed by atoms with van der Waals surface area (Å²) in [5.41, 5.74) is 8.20. The first-order valence-electron chi connectivity index (χ1n) is 12.6. The van der Waals surface area contributed by atoms with Crippen molar-refractivity contribution in [3.63, 3.8) is 0 Å². The lowest BCUT2D eigenvalue weighted by Crippen LogP contribution is -2.24. The Morgan fingerprint density at radius 1 is 0.919 bits per heavy atom. The van der Waals surface area contributed by atoms with Gasteiger partial charge >= 0.3 is 5.97 Å². The van der Waals surface area contributed by atoms with Crippen LogP contribution in [0.4, 0.5) is 5.69 Å². The number of rotatable bonds is 7. The van der Waals surface area contributed by atoms with Crippen molar-refractivity contribution in [3.8, 4) is 11.4 Å². The molecule has 37 heavy (non-hydrogen) atoms. The number of allylic oxidation sites excluding steroid dienone is 1. The number of ether oxygens (including phenoxy) is 2. The maximum absolute atomic E-state index is 13.8. The molecule has 0 spiro atoms. The van der Waals surface area contributed by atoms with Crippen LogP contribution in [0.1, 0.15) is 48.8 Å². The Morgan fingerprint density at radius 2 is 1.62 bits per heavy atom. The fourth-order valence-electron chi connectivity index (χ4n) is 4.97. The summed E-state index contributed by atoms with van der Waals surface area (Å²) in [5.74, 6) is -0.0444. The molecule has 0 atom stereocenters. The maximum atomic E-state index is 13.8. The molecule has 0 saturated heterocycles. The third kappa shape index (κ3) is 4.84. The summed E-state index contributed by atoms with van der Waals surface area (Å²) in [7, 11) is 0. The van der Waals surface area contributed by atoms with Gasteiger partial charge in [-0.15, -0.1) is 0 Å². The number of carbonyl (C=O) groups is 2. The standard InChI is InChI=1S/C31H34N2O4/c1-8-36-26-13-11-25(12-14-26)33-23(7)29(31(35)37-9-2)27(30(33)34)18-24-17-21(5)32(22(24)6)28-15-10-19(3)16-20(28)4/h10-18H,8-9H2,1-7H3/b27-18-. The number of benzene rings is 2. The minimum Gasteiger partial charge on any atom is -0.494 e. The van der Waals surface area contributed by atoms with Gasteiger partial charge in [0.25, 0.3) is 5.91 Å². The Bertz CT molecular complexity index is 1420. The number of carbonyl (C=O) groups excluding carboxylic acids is 2. The number of aryl methyl sites for hydroxylation is 3. The molecule has 0 N–H and O–H groups in total. The Hall–Kier alpha value is -4.06. The van der Waals surface area contributed by atoms with Crippen molar-refractivity contribution in [2.24, 2.45) is 0 Å². The van der Waals surface area contributed by atoms with E-state index in [-0.39, 0.29) is 18.1 Å². The second-order valence-corrected chi connectivity index (χ2v) is 9.26. The molecule has 0 aliphatic carbocycles. The second-order valence-electron chi connectivity index (χ2n) is 9.26. The Morgan fingerprint density at radius 3 is 2.24 bits per heavy atom. The highest BCUT2D eigenvalue weighted by molar-refractivity contribution is 6.23. The van der Waals surface area contributed by atoms with Gasteiger partial charge in [-0.3, -0.25) is 9.69 Å². The topological polar surface area (TPSA) is 60.8 Å². The molecule has 6 nitrogen and oxygen atoms in total. The number of amides is 1. The molecule has 2 aromatic carbocycles. The first-order valence-corrected chi connectivity index (χ1v) is 12.6. The van der Waals surface area contributed by atoms with E-state index in [4.69, 9.17) is 9.47 Å². The fourth-order valence-corrected chi connectivity index (χ4v) is 4.97. The molecule has 3 aromatic rings. The van der Waals surface area contributed by atoms with Gasteiger partial charge in [-0.2, -0.15) is 0 Å². The Balaban J connectivity index is 1.82. The van der Waals surface area contributed by atoms with Crippen LogP contribution in [-0.2, 0) is 14.3 Å². The van der Waals surface area contributed by atoms with Crippen LogP contribution in [0, 0.1) is 27.7 Å². The lowest BCUT2D eigenvalue weighted by atomic mass is 10.0. The highest BCUT2D eigenvalue weighted by Gasteiger charge is 2.38. The summed E-state index contributed by atoms with van der Waals surface area (Å²) in [5, 5.41) is 0. The van der Waals surface area contributed by atoms with E-state index in [1.165, 1.54) is 11.1 Å². The number of aromatic nitrogens is 1. The van der Waals surface area contributed by atoms with Gasteiger partial charge < -0.3 is 14.0 Å². The van der Waals surface area contributed by atoms with Crippen LogP contribution in [0.3, 0.4) is 0 Å². The van der Waals surface area contributed by atoms with Crippen molar-refractivity contribution < 1.29 is 19.1 Å². The third-order valence-electron chi connectivity index (χ3n) is 6.65. The van der Waals surface area contributed by atoms with Crippen molar-refractivity contribution in [2.75, 3.05) is 18.1 Å². The van der Waals surface area contributed by atoms with Crippen LogP contribution in [-0.4, -0.2) is 29.7 Å². The number of esters is 1. The third-order valence-corrected chi connectivity index (χ3v) is 6.65. The van der Waals surface area contributed by atoms with Crippen LogP contribution < -0.4 is 9.64 Å². The van der Waals surface area contributed by atoms with Crippen LogP contribution in [0.5, 0.6) is 5.75 Å². The predicted molar refractivity (Wildman–Crippen MR) is 147 cm³/mol. The quantitative estimate of drug-likeness (QED) is 0.280. The number of hydrogen-bond donors (Lipinski definition) is 0. The van der Waals surface area contributed by atoms with E-state index in [2.05, 4.69) is 36.6 Å². The SMILES string of the molecule is CCOC(=O)C1=C(C)N(c2ccc(OCC)cc2)C(=O)/C1=C\c1cc(C)n(-c2ccc(C)cc2C)c1C. The highest BCUT2D eigenvalue weighted by atomic mass is 16.5. The van der Waals surface area contributed by atoms with Crippen LogP contribution in [0.15, 0.2) is 65.4 Å². The second kappa shape index (κ2) is 10.5. The highest BCUT2D eigenvalue weighted by Crippen LogP contribution is 2.37. The lowest BCUT2D eigenvalue weighted by molar-refractivity contribution is -0.138. The van der Waals surface area contributed by atoms with E-state index in [0.29, 0.717) is 23.6 Å². The molecule has 0 saturated carbocycles. The maximum Gasteiger partial charge on any atom is 0.340 e. The van der Waals surface area contributed by atoms with E-state index in [1.807, 2.05) is 57.2 Å². The first kappa shape index (κ1) is 26.0. The molecule has 1 aromatic heterocycles. The molecule has 1 aliphatic heterocycles. The normalized spacial score (nSPS) is 14.6. The minimum atomic E-state index is -0.503. The van der Waals surface area contributed by atoms with Crippen molar-refractivity contribution >= 4 is 23.6 Å². The Labute approximate surface area is 218 Å². The van der Waals surface area contributed by atoms with E-state index >= 15 is 0 Å². The minimum absolute atomic E-state index is 0.224. The van der Waals surface area contributed by atoms with Crippen LogP contribution in [0.25, 0.3) is 11.8 Å². The van der Waals surface area contributed by atoms with Gasteiger partial charge in [0.05, 0.1) is 24.4 Å². The summed E-state index contributed by atoms with van der Waals surface area (Å²) in [6.45, 7) is 14.5. The summed E-state index contributed by atoms with van der Waals surface area (Å²) >= 11 is 0. The summed E-state index contributed by atoms with van der Waals surface area (Å²) in [6, 6.07) is 15.7. The average Bonchev–Trinajstić information content (AvgIpc) is 3.26. The number of anilines is 1. The zero-order valence-corrected chi connectivity index (χ0v) is 22.6. The van der Waals surface area contributed by atoms with Gasteiger partial charge in [-0.25, -0.2) is 4.79 Å². The molecule has 0 fully saturated rings. The van der Waals surface area contributed by atoms with Gasteiger partial charge in [0.1, 0.15) is 5.75 Å². The van der Waals surface area contributed by atoms with E-state index in [1.54, 1.807) is 18.7 Å². The molecule has 1 amide bonds. The van der Waals surface area contributed by atoms with Crippen molar-refractivity contribution in [1.29, 1.82) is 0 Å². The summed E-state index contributed by atoms with van der Waals surface area (Å²) in [6.07, 6.45) is 1.81. The largest absolute Gasteiger partial charge is 0.494 e. The smallest absolute Gasteiger partial charge is 0.340 e. The molecule has 0 bridgehead atoms.